The van der Waals surface area contributed by atoms with Crippen molar-refractivity contribution in [2.24, 2.45) is 11.7 Å². The Morgan fingerprint density at radius 1 is 1.21 bits per heavy atom. The third-order valence-corrected chi connectivity index (χ3v) is 4.37. The van der Waals surface area contributed by atoms with Gasteiger partial charge in [0.1, 0.15) is 0 Å². The van der Waals surface area contributed by atoms with Gasteiger partial charge in [-0.15, -0.1) is 19.0 Å². The van der Waals surface area contributed by atoms with Crippen molar-refractivity contribution in [3.05, 3.63) is 12.7 Å². The van der Waals surface area contributed by atoms with E-state index in [9.17, 15) is 0 Å². The number of nitrogens with two attached hydrogens (primary N) is 1. The van der Waals surface area contributed by atoms with Crippen LogP contribution in [-0.2, 0) is 4.74 Å². The molecule has 2 rings (SSSR count). The molecule has 0 bridgehead atoms. The van der Waals surface area contributed by atoms with E-state index in [4.69, 9.17) is 10.5 Å². The number of rotatable bonds is 5. The molecule has 112 valence electrons. The SMILES string of the molecule is C=CCO[C@H]1CCCN(C[C@H]2CCCC[C@@H]2N)C1.Cl. The lowest BCUT2D eigenvalue weighted by Gasteiger charge is -2.37. The van der Waals surface area contributed by atoms with Crippen LogP contribution in [-0.4, -0.2) is 43.3 Å². The summed E-state index contributed by atoms with van der Waals surface area (Å²) >= 11 is 0. The number of halogens is 1. The molecule has 1 heterocycles. The summed E-state index contributed by atoms with van der Waals surface area (Å²) in [5.41, 5.74) is 6.24. The largest absolute Gasteiger partial charge is 0.373 e. The van der Waals surface area contributed by atoms with Gasteiger partial charge >= 0.3 is 0 Å². The van der Waals surface area contributed by atoms with Crippen LogP contribution in [0.15, 0.2) is 12.7 Å². The summed E-state index contributed by atoms with van der Waals surface area (Å²) in [5.74, 6) is 0.705. The molecule has 0 radical (unpaired) electrons. The number of hydrogen-bond donors (Lipinski definition) is 1. The maximum Gasteiger partial charge on any atom is 0.0706 e. The van der Waals surface area contributed by atoms with Crippen molar-refractivity contribution in [2.45, 2.75) is 50.7 Å². The first kappa shape index (κ1) is 17.0. The Hall–Kier alpha value is -0.0900. The number of nitrogens with zero attached hydrogens (tertiary/aromatic N) is 1. The first-order valence-corrected chi connectivity index (χ1v) is 7.50. The van der Waals surface area contributed by atoms with Crippen LogP contribution >= 0.6 is 12.4 Å². The van der Waals surface area contributed by atoms with Crippen LogP contribution in [0.2, 0.25) is 0 Å². The number of piperidine rings is 1. The fraction of sp³-hybridized carbons (Fsp3) is 0.867. The van der Waals surface area contributed by atoms with Gasteiger partial charge in [-0.1, -0.05) is 18.9 Å². The molecule has 0 aromatic carbocycles. The minimum atomic E-state index is 0. The van der Waals surface area contributed by atoms with Crippen molar-refractivity contribution in [1.82, 2.24) is 4.90 Å². The van der Waals surface area contributed by atoms with Crippen molar-refractivity contribution < 1.29 is 4.74 Å². The Bertz CT molecular complexity index is 263. The zero-order valence-corrected chi connectivity index (χ0v) is 12.7. The molecule has 2 fully saturated rings. The van der Waals surface area contributed by atoms with Crippen molar-refractivity contribution in [3.63, 3.8) is 0 Å². The lowest BCUT2D eigenvalue weighted by atomic mass is 9.84. The van der Waals surface area contributed by atoms with Crippen LogP contribution < -0.4 is 5.73 Å². The summed E-state index contributed by atoms with van der Waals surface area (Å²) in [5, 5.41) is 0. The molecule has 1 aliphatic carbocycles. The molecule has 19 heavy (non-hydrogen) atoms. The average molecular weight is 289 g/mol. The molecular weight excluding hydrogens is 260 g/mol. The Labute approximate surface area is 124 Å². The zero-order chi connectivity index (χ0) is 12.8. The van der Waals surface area contributed by atoms with Gasteiger partial charge in [-0.25, -0.2) is 0 Å². The molecule has 2 N–H and O–H groups in total. The first-order valence-electron chi connectivity index (χ1n) is 7.50. The lowest BCUT2D eigenvalue weighted by Crippen LogP contribution is -2.46. The van der Waals surface area contributed by atoms with Gasteiger partial charge in [0.05, 0.1) is 12.7 Å². The molecule has 1 saturated heterocycles. The quantitative estimate of drug-likeness (QED) is 0.790. The van der Waals surface area contributed by atoms with Crippen LogP contribution in [0.3, 0.4) is 0 Å². The smallest absolute Gasteiger partial charge is 0.0706 e. The van der Waals surface area contributed by atoms with E-state index < -0.39 is 0 Å². The van der Waals surface area contributed by atoms with E-state index in [-0.39, 0.29) is 12.4 Å². The van der Waals surface area contributed by atoms with Crippen LogP contribution in [0.5, 0.6) is 0 Å². The molecule has 1 saturated carbocycles. The fourth-order valence-electron chi connectivity index (χ4n) is 3.31. The summed E-state index contributed by atoms with van der Waals surface area (Å²) in [4.78, 5) is 2.56. The van der Waals surface area contributed by atoms with Gasteiger partial charge in [0.2, 0.25) is 0 Å². The molecule has 4 heteroatoms. The Morgan fingerprint density at radius 2 is 2.00 bits per heavy atom. The first-order chi connectivity index (χ1) is 8.79. The van der Waals surface area contributed by atoms with E-state index in [0.717, 1.165) is 6.54 Å². The lowest BCUT2D eigenvalue weighted by molar-refractivity contribution is 0.00609. The molecule has 3 atom stereocenters. The summed E-state index contributed by atoms with van der Waals surface area (Å²) < 4.78 is 5.79. The predicted octanol–water partition coefficient (Wildman–Crippen LogP) is 2.59. The van der Waals surface area contributed by atoms with Crippen LogP contribution in [0.25, 0.3) is 0 Å². The number of likely N-dealkylation sites (tertiary alicyclic amines) is 1. The summed E-state index contributed by atoms with van der Waals surface area (Å²) in [7, 11) is 0. The Kier molecular flexibility index (Phi) is 8.00. The molecule has 0 amide bonds. The van der Waals surface area contributed by atoms with Crippen molar-refractivity contribution in [1.29, 1.82) is 0 Å². The van der Waals surface area contributed by atoms with E-state index in [1.54, 1.807) is 0 Å². The van der Waals surface area contributed by atoms with E-state index in [1.165, 1.54) is 51.6 Å². The van der Waals surface area contributed by atoms with Crippen LogP contribution in [0, 0.1) is 5.92 Å². The Balaban J connectivity index is 0.00000180. The van der Waals surface area contributed by atoms with Gasteiger partial charge < -0.3 is 15.4 Å². The number of hydrogen-bond acceptors (Lipinski definition) is 3. The molecule has 3 nitrogen and oxygen atoms in total. The minimum absolute atomic E-state index is 0. The average Bonchev–Trinajstić information content (AvgIpc) is 2.40. The van der Waals surface area contributed by atoms with E-state index in [1.807, 2.05) is 6.08 Å². The van der Waals surface area contributed by atoms with Gasteiger partial charge in [-0.2, -0.15) is 0 Å². The van der Waals surface area contributed by atoms with Gasteiger partial charge in [0, 0.05) is 19.1 Å². The van der Waals surface area contributed by atoms with E-state index in [2.05, 4.69) is 11.5 Å². The molecule has 0 aromatic heterocycles. The summed E-state index contributed by atoms with van der Waals surface area (Å²) in [6.45, 7) is 7.87. The van der Waals surface area contributed by atoms with Crippen molar-refractivity contribution in [3.8, 4) is 0 Å². The second kappa shape index (κ2) is 8.96. The Morgan fingerprint density at radius 3 is 2.74 bits per heavy atom. The monoisotopic (exact) mass is 288 g/mol. The van der Waals surface area contributed by atoms with Crippen LogP contribution in [0.4, 0.5) is 0 Å². The fourth-order valence-corrected chi connectivity index (χ4v) is 3.31. The molecular formula is C15H29ClN2O. The second-order valence-electron chi connectivity index (χ2n) is 5.85. The third kappa shape index (κ3) is 5.42. The standard InChI is InChI=1S/C15H28N2O.ClH/c1-2-10-18-14-7-5-9-17(12-14)11-13-6-3-4-8-15(13)16;/h2,13-15H,1,3-12,16H2;1H/t13-,14+,15+;/m1./s1. The molecule has 2 aliphatic rings. The molecule has 0 unspecified atom stereocenters. The third-order valence-electron chi connectivity index (χ3n) is 4.37. The predicted molar refractivity (Wildman–Crippen MR) is 82.8 cm³/mol. The van der Waals surface area contributed by atoms with Gasteiger partial charge in [-0.05, 0) is 38.1 Å². The normalized spacial score (nSPS) is 32.6. The van der Waals surface area contributed by atoms with Gasteiger partial charge in [0.25, 0.3) is 0 Å². The van der Waals surface area contributed by atoms with Gasteiger partial charge in [0.15, 0.2) is 0 Å². The van der Waals surface area contributed by atoms with Crippen molar-refractivity contribution >= 4 is 12.4 Å². The highest BCUT2D eigenvalue weighted by Crippen LogP contribution is 2.25. The zero-order valence-electron chi connectivity index (χ0n) is 11.9. The topological polar surface area (TPSA) is 38.5 Å². The second-order valence-corrected chi connectivity index (χ2v) is 5.85. The van der Waals surface area contributed by atoms with Crippen LogP contribution in [0.1, 0.15) is 38.5 Å². The number of ether oxygens (including phenoxy) is 1. The molecule has 0 aromatic rings. The van der Waals surface area contributed by atoms with E-state index in [0.29, 0.717) is 24.7 Å². The van der Waals surface area contributed by atoms with E-state index >= 15 is 0 Å². The highest BCUT2D eigenvalue weighted by molar-refractivity contribution is 5.85. The maximum atomic E-state index is 6.24. The summed E-state index contributed by atoms with van der Waals surface area (Å²) in [6.07, 6.45) is 9.91. The maximum absolute atomic E-state index is 6.24. The van der Waals surface area contributed by atoms with Gasteiger partial charge in [-0.3, -0.25) is 0 Å². The molecule has 0 spiro atoms. The van der Waals surface area contributed by atoms with Crippen molar-refractivity contribution in [2.75, 3.05) is 26.2 Å². The highest BCUT2D eigenvalue weighted by atomic mass is 35.5. The minimum Gasteiger partial charge on any atom is -0.373 e. The highest BCUT2D eigenvalue weighted by Gasteiger charge is 2.27. The molecule has 1 aliphatic heterocycles. The summed E-state index contributed by atoms with van der Waals surface area (Å²) in [6, 6.07) is 0.424.